The van der Waals surface area contributed by atoms with E-state index in [0.29, 0.717) is 19.4 Å². The molecule has 1 aromatic rings. The Morgan fingerprint density at radius 2 is 1.90 bits per heavy atom. The molecule has 0 atom stereocenters. The zero-order valence-electron chi connectivity index (χ0n) is 11.9. The number of sulfonamides is 1. The molecular weight excluding hydrogens is 288 g/mol. The minimum absolute atomic E-state index is 0.0847. The monoisotopic (exact) mass is 308 g/mol. The molecule has 114 valence electrons. The summed E-state index contributed by atoms with van der Waals surface area (Å²) in [5.41, 5.74) is 0.815. The van der Waals surface area contributed by atoms with Crippen LogP contribution in [-0.2, 0) is 16.4 Å². The van der Waals surface area contributed by atoms with Crippen molar-refractivity contribution in [3.05, 3.63) is 29.8 Å². The van der Waals surface area contributed by atoms with E-state index >= 15 is 0 Å². The minimum atomic E-state index is -3.48. The van der Waals surface area contributed by atoms with Crippen LogP contribution in [0, 0.1) is 11.3 Å². The van der Waals surface area contributed by atoms with E-state index in [0.717, 1.165) is 18.4 Å². The fourth-order valence-electron chi connectivity index (χ4n) is 2.25. The van der Waals surface area contributed by atoms with E-state index < -0.39 is 10.0 Å². The van der Waals surface area contributed by atoms with Crippen LogP contribution in [-0.4, -0.2) is 37.0 Å². The van der Waals surface area contributed by atoms with Gasteiger partial charge < -0.3 is 5.11 Å². The number of hydrogen-bond donors (Lipinski definition) is 1. The number of hydrogen-bond acceptors (Lipinski definition) is 4. The van der Waals surface area contributed by atoms with Gasteiger partial charge in [0.25, 0.3) is 0 Å². The van der Waals surface area contributed by atoms with Crippen molar-refractivity contribution in [2.45, 2.75) is 43.0 Å². The number of nitrogens with zero attached hydrogens (tertiary/aromatic N) is 2. The van der Waals surface area contributed by atoms with Gasteiger partial charge in [-0.15, -0.1) is 0 Å². The Labute approximate surface area is 125 Å². The molecule has 6 heteroatoms. The molecule has 21 heavy (non-hydrogen) atoms. The maximum atomic E-state index is 12.7. The summed E-state index contributed by atoms with van der Waals surface area (Å²) >= 11 is 0. The number of benzene rings is 1. The zero-order valence-corrected chi connectivity index (χ0v) is 12.7. The first kappa shape index (κ1) is 16.0. The molecule has 0 bridgehead atoms. The molecule has 5 nitrogen and oxygen atoms in total. The summed E-state index contributed by atoms with van der Waals surface area (Å²) in [5.74, 6) is 0. The average Bonchev–Trinajstić information content (AvgIpc) is 3.29. The van der Waals surface area contributed by atoms with E-state index in [4.69, 9.17) is 10.4 Å². The van der Waals surface area contributed by atoms with Crippen molar-refractivity contribution in [2.75, 3.05) is 13.2 Å². The average molecular weight is 308 g/mol. The third-order valence-corrected chi connectivity index (χ3v) is 5.52. The molecule has 0 heterocycles. The Balaban J connectivity index is 2.15. The summed E-state index contributed by atoms with van der Waals surface area (Å²) in [7, 11) is -3.48. The topological polar surface area (TPSA) is 81.4 Å². The maximum absolute atomic E-state index is 12.7. The van der Waals surface area contributed by atoms with Gasteiger partial charge in [0.15, 0.2) is 0 Å². The van der Waals surface area contributed by atoms with Crippen LogP contribution in [0.3, 0.4) is 0 Å². The smallest absolute Gasteiger partial charge is 0.243 e. The largest absolute Gasteiger partial charge is 0.396 e. The Morgan fingerprint density at radius 1 is 1.24 bits per heavy atom. The Bertz CT molecular complexity index is 601. The lowest BCUT2D eigenvalue weighted by Crippen LogP contribution is -2.34. The maximum Gasteiger partial charge on any atom is 0.243 e. The van der Waals surface area contributed by atoms with Gasteiger partial charge in [0, 0.05) is 19.2 Å². The summed E-state index contributed by atoms with van der Waals surface area (Å²) in [6, 6.07) is 8.67. The van der Waals surface area contributed by atoms with Crippen molar-refractivity contribution in [3.8, 4) is 6.07 Å². The Hall–Kier alpha value is -1.42. The molecule has 1 saturated carbocycles. The third kappa shape index (κ3) is 4.03. The molecular formula is C15H20N2O3S. The van der Waals surface area contributed by atoms with E-state index in [1.807, 2.05) is 6.07 Å². The predicted molar refractivity (Wildman–Crippen MR) is 79.0 cm³/mol. The molecule has 0 spiro atoms. The lowest BCUT2D eigenvalue weighted by atomic mass is 10.2. The van der Waals surface area contributed by atoms with Gasteiger partial charge in [0.1, 0.15) is 0 Å². The number of aliphatic hydroxyl groups is 1. The highest BCUT2D eigenvalue weighted by Crippen LogP contribution is 2.32. The fourth-order valence-corrected chi connectivity index (χ4v) is 3.97. The first-order valence-electron chi connectivity index (χ1n) is 7.18. The summed E-state index contributed by atoms with van der Waals surface area (Å²) in [6.45, 7) is 0.537. The molecule has 1 aliphatic carbocycles. The van der Waals surface area contributed by atoms with Gasteiger partial charge in [0.05, 0.1) is 17.4 Å². The number of rotatable bonds is 8. The fraction of sp³-hybridized carbons (Fsp3) is 0.533. The van der Waals surface area contributed by atoms with E-state index in [1.54, 1.807) is 28.6 Å². The van der Waals surface area contributed by atoms with Gasteiger partial charge in [-0.05, 0) is 43.4 Å². The second-order valence-corrected chi connectivity index (χ2v) is 7.15. The van der Waals surface area contributed by atoms with Crippen LogP contribution in [0.1, 0.15) is 31.2 Å². The number of unbranched alkanes of at least 4 members (excludes halogenated alkanes) is 1. The number of nitriles is 1. The molecule has 2 rings (SSSR count). The van der Waals surface area contributed by atoms with Crippen molar-refractivity contribution < 1.29 is 13.5 Å². The molecule has 0 radical (unpaired) electrons. The lowest BCUT2D eigenvalue weighted by Gasteiger charge is -2.21. The molecule has 1 fully saturated rings. The minimum Gasteiger partial charge on any atom is -0.396 e. The molecule has 0 unspecified atom stereocenters. The van der Waals surface area contributed by atoms with E-state index in [-0.39, 0.29) is 24.0 Å². The van der Waals surface area contributed by atoms with Crippen LogP contribution >= 0.6 is 0 Å². The molecule has 1 aliphatic rings. The molecule has 1 aromatic carbocycles. The highest BCUT2D eigenvalue weighted by Gasteiger charge is 2.37. The first-order chi connectivity index (χ1) is 10.1. The van der Waals surface area contributed by atoms with Gasteiger partial charge in [0.2, 0.25) is 10.0 Å². The quantitative estimate of drug-likeness (QED) is 0.741. The molecule has 1 N–H and O–H groups in total. The summed E-state index contributed by atoms with van der Waals surface area (Å²) < 4.78 is 26.9. The summed E-state index contributed by atoms with van der Waals surface area (Å²) in [6.07, 6.45) is 3.37. The second-order valence-electron chi connectivity index (χ2n) is 5.26. The highest BCUT2D eigenvalue weighted by atomic mass is 32.2. The Kier molecular flexibility index (Phi) is 5.34. The first-order valence-corrected chi connectivity index (χ1v) is 8.62. The molecule has 0 aliphatic heterocycles. The van der Waals surface area contributed by atoms with Crippen LogP contribution in [0.25, 0.3) is 0 Å². The summed E-state index contributed by atoms with van der Waals surface area (Å²) in [5, 5.41) is 17.5. The summed E-state index contributed by atoms with van der Waals surface area (Å²) in [4.78, 5) is 0.278. The van der Waals surface area contributed by atoms with E-state index in [2.05, 4.69) is 0 Å². The van der Waals surface area contributed by atoms with Gasteiger partial charge in [-0.25, -0.2) is 8.42 Å². The van der Waals surface area contributed by atoms with Crippen molar-refractivity contribution in [3.63, 3.8) is 0 Å². The van der Waals surface area contributed by atoms with E-state index in [1.165, 1.54) is 0 Å². The van der Waals surface area contributed by atoms with Gasteiger partial charge >= 0.3 is 0 Å². The van der Waals surface area contributed by atoms with Crippen molar-refractivity contribution >= 4 is 10.0 Å². The van der Waals surface area contributed by atoms with Crippen LogP contribution in [0.15, 0.2) is 29.2 Å². The van der Waals surface area contributed by atoms with Gasteiger partial charge in [-0.2, -0.15) is 9.57 Å². The highest BCUT2D eigenvalue weighted by molar-refractivity contribution is 7.89. The normalized spacial score (nSPS) is 15.1. The van der Waals surface area contributed by atoms with Crippen molar-refractivity contribution in [1.29, 1.82) is 5.26 Å². The number of aliphatic hydroxyl groups excluding tert-OH is 1. The Morgan fingerprint density at radius 3 is 2.43 bits per heavy atom. The SMILES string of the molecule is N#CCc1ccc(S(=O)(=O)N(CCCCO)C2CC2)cc1. The standard InChI is InChI=1S/C15H20N2O3S/c16-10-9-13-3-7-15(8-4-13)21(19,20)17(14-5-6-14)11-1-2-12-18/h3-4,7-8,14,18H,1-2,5-6,9,11-12H2. The van der Waals surface area contributed by atoms with Crippen LogP contribution in [0.4, 0.5) is 0 Å². The predicted octanol–water partition coefficient (Wildman–Crippen LogP) is 1.68. The van der Waals surface area contributed by atoms with Crippen molar-refractivity contribution in [1.82, 2.24) is 4.31 Å². The van der Waals surface area contributed by atoms with Crippen LogP contribution in [0.2, 0.25) is 0 Å². The van der Waals surface area contributed by atoms with Crippen LogP contribution in [0.5, 0.6) is 0 Å². The third-order valence-electron chi connectivity index (χ3n) is 3.55. The van der Waals surface area contributed by atoms with Gasteiger partial charge in [-0.1, -0.05) is 12.1 Å². The van der Waals surface area contributed by atoms with Gasteiger partial charge in [-0.3, -0.25) is 0 Å². The zero-order chi connectivity index (χ0) is 15.3. The molecule has 0 aromatic heterocycles. The lowest BCUT2D eigenvalue weighted by molar-refractivity contribution is 0.275. The van der Waals surface area contributed by atoms with Crippen LogP contribution < -0.4 is 0 Å². The van der Waals surface area contributed by atoms with E-state index in [9.17, 15) is 8.42 Å². The van der Waals surface area contributed by atoms with Crippen molar-refractivity contribution in [2.24, 2.45) is 0 Å². The molecule has 0 amide bonds. The molecule has 0 saturated heterocycles. The second kappa shape index (κ2) is 7.03.